The first-order valence-corrected chi connectivity index (χ1v) is 5.86. The van der Waals surface area contributed by atoms with Gasteiger partial charge in [-0.1, -0.05) is 6.92 Å². The van der Waals surface area contributed by atoms with E-state index < -0.39 is 10.0 Å². The Morgan fingerprint density at radius 1 is 1.57 bits per heavy atom. The average molecular weight is 218 g/mol. The quantitative estimate of drug-likeness (QED) is 0.660. The van der Waals surface area contributed by atoms with Crippen LogP contribution in [0.5, 0.6) is 0 Å². The molecule has 0 aliphatic heterocycles. The molecule has 3 N–H and O–H groups in total. The van der Waals surface area contributed by atoms with Gasteiger partial charge in [-0.15, -0.1) is 0 Å². The lowest BCUT2D eigenvalue weighted by molar-refractivity contribution is 0.277. The molecule has 0 amide bonds. The lowest BCUT2D eigenvalue weighted by atomic mass is 10.5. The van der Waals surface area contributed by atoms with Crippen LogP contribution in [-0.2, 0) is 16.6 Å². The molecule has 0 unspecified atom stereocenters. The third-order valence-corrected chi connectivity index (χ3v) is 3.18. The van der Waals surface area contributed by atoms with Crippen molar-refractivity contribution in [3.05, 3.63) is 18.0 Å². The van der Waals surface area contributed by atoms with Crippen LogP contribution in [0, 0.1) is 0 Å². The van der Waals surface area contributed by atoms with E-state index in [9.17, 15) is 8.42 Å². The molecule has 0 aromatic carbocycles. The zero-order valence-corrected chi connectivity index (χ0v) is 8.76. The molecule has 80 valence electrons. The molecular formula is C8H14N2O3S. The van der Waals surface area contributed by atoms with Gasteiger partial charge in [0, 0.05) is 18.4 Å². The van der Waals surface area contributed by atoms with Gasteiger partial charge in [0.2, 0.25) is 10.0 Å². The normalized spacial score (nSPS) is 11.9. The summed E-state index contributed by atoms with van der Waals surface area (Å²) >= 11 is 0. The van der Waals surface area contributed by atoms with Gasteiger partial charge in [-0.3, -0.25) is 0 Å². The second-order valence-electron chi connectivity index (χ2n) is 2.92. The monoisotopic (exact) mass is 218 g/mol. The Hall–Kier alpha value is -0.850. The second-order valence-corrected chi connectivity index (χ2v) is 4.68. The van der Waals surface area contributed by atoms with Crippen LogP contribution >= 0.6 is 0 Å². The Morgan fingerprint density at radius 3 is 2.79 bits per heavy atom. The van der Waals surface area contributed by atoms with Crippen molar-refractivity contribution in [1.29, 1.82) is 0 Å². The average Bonchev–Trinajstić information content (AvgIpc) is 2.63. The molecule has 0 spiro atoms. The van der Waals surface area contributed by atoms with E-state index in [1.807, 2.05) is 6.92 Å². The summed E-state index contributed by atoms with van der Waals surface area (Å²) in [7, 11) is -3.40. The number of aromatic amines is 1. The van der Waals surface area contributed by atoms with Crippen molar-refractivity contribution in [2.45, 2.75) is 24.8 Å². The minimum Gasteiger partial charge on any atom is -0.390 e. The summed E-state index contributed by atoms with van der Waals surface area (Å²) in [5, 5.41) is 8.75. The van der Waals surface area contributed by atoms with Crippen molar-refractivity contribution in [3.63, 3.8) is 0 Å². The number of nitrogens with one attached hydrogen (secondary N) is 2. The second kappa shape index (κ2) is 4.59. The summed E-state index contributed by atoms with van der Waals surface area (Å²) in [4.78, 5) is 2.83. The fourth-order valence-electron chi connectivity index (χ4n) is 0.985. The first-order chi connectivity index (χ1) is 6.60. The molecule has 0 fully saturated rings. The molecule has 14 heavy (non-hydrogen) atoms. The van der Waals surface area contributed by atoms with Crippen LogP contribution in [0.15, 0.2) is 17.2 Å². The topological polar surface area (TPSA) is 82.2 Å². The number of H-pyrrole nitrogens is 1. The highest BCUT2D eigenvalue weighted by molar-refractivity contribution is 7.89. The van der Waals surface area contributed by atoms with Crippen molar-refractivity contribution >= 4 is 10.0 Å². The van der Waals surface area contributed by atoms with Gasteiger partial charge in [-0.05, 0) is 12.5 Å². The lowest BCUT2D eigenvalue weighted by Crippen LogP contribution is -2.23. The highest BCUT2D eigenvalue weighted by Gasteiger charge is 2.14. The first kappa shape index (κ1) is 11.2. The van der Waals surface area contributed by atoms with Crippen molar-refractivity contribution < 1.29 is 13.5 Å². The van der Waals surface area contributed by atoms with Gasteiger partial charge in [0.15, 0.2) is 0 Å². The van der Waals surface area contributed by atoms with E-state index in [1.165, 1.54) is 12.3 Å². The molecule has 5 nitrogen and oxygen atoms in total. The van der Waals surface area contributed by atoms with Crippen molar-refractivity contribution in [2.24, 2.45) is 0 Å². The van der Waals surface area contributed by atoms with Crippen LogP contribution in [0.1, 0.15) is 19.0 Å². The maximum absolute atomic E-state index is 11.5. The van der Waals surface area contributed by atoms with Gasteiger partial charge in [0.1, 0.15) is 0 Å². The molecule has 0 saturated heterocycles. The minimum atomic E-state index is -3.40. The molecule has 1 rings (SSSR count). The van der Waals surface area contributed by atoms with E-state index in [1.54, 1.807) is 0 Å². The summed E-state index contributed by atoms with van der Waals surface area (Å²) in [6, 6.07) is 1.41. The standard InChI is InChI=1S/C8H14N2O3S/c1-2-3-10-14(12,13)8-4-7(6-11)9-5-8/h4-5,9-11H,2-3,6H2,1H3. The smallest absolute Gasteiger partial charge is 0.242 e. The largest absolute Gasteiger partial charge is 0.390 e. The van der Waals surface area contributed by atoms with Gasteiger partial charge < -0.3 is 10.1 Å². The zero-order chi connectivity index (χ0) is 10.6. The summed E-state index contributed by atoms with van der Waals surface area (Å²) < 4.78 is 25.4. The molecule has 0 bridgehead atoms. The van der Waals surface area contributed by atoms with Crippen molar-refractivity contribution in [3.8, 4) is 0 Å². The predicted molar refractivity (Wildman–Crippen MR) is 52.2 cm³/mol. The number of aliphatic hydroxyl groups excluding tert-OH is 1. The van der Waals surface area contributed by atoms with E-state index in [-0.39, 0.29) is 11.5 Å². The molecule has 1 aromatic heterocycles. The van der Waals surface area contributed by atoms with Gasteiger partial charge in [0.05, 0.1) is 11.5 Å². The predicted octanol–water partition coefficient (Wildman–Crippen LogP) is 0.195. The van der Waals surface area contributed by atoms with Crippen LogP contribution in [0.3, 0.4) is 0 Å². The Morgan fingerprint density at radius 2 is 2.29 bits per heavy atom. The van der Waals surface area contributed by atoms with Crippen LogP contribution in [0.4, 0.5) is 0 Å². The summed E-state index contributed by atoms with van der Waals surface area (Å²) in [6.45, 7) is 2.12. The van der Waals surface area contributed by atoms with E-state index in [4.69, 9.17) is 5.11 Å². The third-order valence-electron chi connectivity index (χ3n) is 1.74. The fraction of sp³-hybridized carbons (Fsp3) is 0.500. The van der Waals surface area contributed by atoms with Gasteiger partial charge in [0.25, 0.3) is 0 Å². The molecule has 1 aromatic rings. The molecule has 0 aliphatic rings. The van der Waals surface area contributed by atoms with Crippen LogP contribution in [0.2, 0.25) is 0 Å². The number of rotatable bonds is 5. The molecule has 1 heterocycles. The van der Waals surface area contributed by atoms with E-state index in [2.05, 4.69) is 9.71 Å². The Kier molecular flexibility index (Phi) is 3.68. The molecular weight excluding hydrogens is 204 g/mol. The van der Waals surface area contributed by atoms with Crippen LogP contribution in [-0.4, -0.2) is 25.1 Å². The first-order valence-electron chi connectivity index (χ1n) is 4.38. The maximum Gasteiger partial charge on any atom is 0.242 e. The van der Waals surface area contributed by atoms with E-state index in [0.29, 0.717) is 12.2 Å². The number of hydrogen-bond acceptors (Lipinski definition) is 3. The highest BCUT2D eigenvalue weighted by Crippen LogP contribution is 2.10. The van der Waals surface area contributed by atoms with Crippen LogP contribution < -0.4 is 4.72 Å². The maximum atomic E-state index is 11.5. The molecule has 0 radical (unpaired) electrons. The lowest BCUT2D eigenvalue weighted by Gasteiger charge is -2.01. The Labute approximate surface area is 83.2 Å². The van der Waals surface area contributed by atoms with E-state index in [0.717, 1.165) is 6.42 Å². The third kappa shape index (κ3) is 2.57. The van der Waals surface area contributed by atoms with Crippen molar-refractivity contribution in [2.75, 3.05) is 6.54 Å². The van der Waals surface area contributed by atoms with Gasteiger partial charge in [-0.25, -0.2) is 13.1 Å². The summed E-state index contributed by atoms with van der Waals surface area (Å²) in [6.07, 6.45) is 2.11. The van der Waals surface area contributed by atoms with E-state index >= 15 is 0 Å². The molecule has 0 atom stereocenters. The number of hydrogen-bond donors (Lipinski definition) is 3. The van der Waals surface area contributed by atoms with Crippen molar-refractivity contribution in [1.82, 2.24) is 9.71 Å². The SMILES string of the molecule is CCCNS(=O)(=O)c1c[nH]c(CO)c1. The minimum absolute atomic E-state index is 0.162. The fourth-order valence-corrected chi connectivity index (χ4v) is 2.14. The van der Waals surface area contributed by atoms with Crippen LogP contribution in [0.25, 0.3) is 0 Å². The Balaban J connectivity index is 2.81. The molecule has 0 saturated carbocycles. The molecule has 6 heteroatoms. The zero-order valence-electron chi connectivity index (χ0n) is 7.95. The Bertz CT molecular complexity index is 383. The summed E-state index contributed by atoms with van der Waals surface area (Å²) in [5.41, 5.74) is 0.488. The number of aliphatic hydroxyl groups is 1. The highest BCUT2D eigenvalue weighted by atomic mass is 32.2. The van der Waals surface area contributed by atoms with Gasteiger partial charge in [-0.2, -0.15) is 0 Å². The van der Waals surface area contributed by atoms with Gasteiger partial charge >= 0.3 is 0 Å². The molecule has 0 aliphatic carbocycles. The number of aromatic nitrogens is 1. The summed E-state index contributed by atoms with van der Waals surface area (Å²) in [5.74, 6) is 0. The number of sulfonamides is 1.